The predicted octanol–water partition coefficient (Wildman–Crippen LogP) is 3.52. The van der Waals surface area contributed by atoms with E-state index in [0.29, 0.717) is 22.6 Å². The quantitative estimate of drug-likeness (QED) is 0.485. The number of nitrogens with one attached hydrogen (secondary N) is 3. The normalized spacial score (nSPS) is 10.9. The lowest BCUT2D eigenvalue weighted by Crippen LogP contribution is -2.21. The smallest absolute Gasteiger partial charge is 0.276 e. The summed E-state index contributed by atoms with van der Waals surface area (Å²) in [6, 6.07) is 11.2. The zero-order chi connectivity index (χ0) is 21.4. The standard InChI is InChI=1S/C22H22N6O2/c1-12-13(2)26-27-19(12)21(29)24-17-9-16-10-18(25-20(16)23-11-17)14-5-7-15(8-6-14)22(30)28(3)4/h5-11H,1-4H3,(H,23,25)(H,24,29)(H,26,27). The Morgan fingerprint density at radius 3 is 2.43 bits per heavy atom. The summed E-state index contributed by atoms with van der Waals surface area (Å²) in [7, 11) is 3.45. The SMILES string of the molecule is Cc1[nH]nc(C(=O)Nc2cnc3[nH]c(-c4ccc(C(=O)N(C)C)cc4)cc3c2)c1C. The van der Waals surface area contributed by atoms with Crippen LogP contribution < -0.4 is 5.32 Å². The molecule has 0 fully saturated rings. The van der Waals surface area contributed by atoms with Crippen molar-refractivity contribution in [2.45, 2.75) is 13.8 Å². The first kappa shape index (κ1) is 19.4. The number of amides is 2. The number of anilines is 1. The fraction of sp³-hybridized carbons (Fsp3) is 0.182. The summed E-state index contributed by atoms with van der Waals surface area (Å²) >= 11 is 0. The van der Waals surface area contributed by atoms with Gasteiger partial charge in [-0.25, -0.2) is 4.98 Å². The van der Waals surface area contributed by atoms with E-state index in [4.69, 9.17) is 0 Å². The summed E-state index contributed by atoms with van der Waals surface area (Å²) in [5, 5.41) is 10.6. The zero-order valence-electron chi connectivity index (χ0n) is 17.2. The van der Waals surface area contributed by atoms with Crippen LogP contribution in [0.2, 0.25) is 0 Å². The molecule has 0 bridgehead atoms. The highest BCUT2D eigenvalue weighted by molar-refractivity contribution is 6.04. The van der Waals surface area contributed by atoms with E-state index in [1.165, 1.54) is 0 Å². The van der Waals surface area contributed by atoms with E-state index in [0.717, 1.165) is 27.9 Å². The van der Waals surface area contributed by atoms with Crippen LogP contribution in [-0.2, 0) is 0 Å². The molecule has 0 aliphatic rings. The van der Waals surface area contributed by atoms with Gasteiger partial charge in [-0.15, -0.1) is 0 Å². The number of carbonyl (C=O) groups excluding carboxylic acids is 2. The lowest BCUT2D eigenvalue weighted by atomic mass is 10.1. The topological polar surface area (TPSA) is 107 Å². The van der Waals surface area contributed by atoms with Gasteiger partial charge in [0.05, 0.1) is 11.9 Å². The second-order valence-electron chi connectivity index (χ2n) is 7.40. The second kappa shape index (κ2) is 7.47. The van der Waals surface area contributed by atoms with Crippen LogP contribution in [-0.4, -0.2) is 51.0 Å². The first-order valence-corrected chi connectivity index (χ1v) is 9.47. The molecule has 3 N–H and O–H groups in total. The molecule has 0 saturated carbocycles. The highest BCUT2D eigenvalue weighted by Gasteiger charge is 2.15. The molecule has 3 heterocycles. The van der Waals surface area contributed by atoms with Gasteiger partial charge in [0.2, 0.25) is 0 Å². The van der Waals surface area contributed by atoms with E-state index in [1.54, 1.807) is 37.3 Å². The molecular weight excluding hydrogens is 380 g/mol. The summed E-state index contributed by atoms with van der Waals surface area (Å²) in [6.45, 7) is 3.72. The van der Waals surface area contributed by atoms with Crippen molar-refractivity contribution in [1.29, 1.82) is 0 Å². The van der Waals surface area contributed by atoms with Gasteiger partial charge in [-0.2, -0.15) is 5.10 Å². The largest absolute Gasteiger partial charge is 0.345 e. The fourth-order valence-electron chi connectivity index (χ4n) is 3.19. The Morgan fingerprint density at radius 2 is 1.80 bits per heavy atom. The van der Waals surface area contributed by atoms with E-state index in [9.17, 15) is 9.59 Å². The van der Waals surface area contributed by atoms with E-state index in [1.807, 2.05) is 38.1 Å². The molecule has 0 aliphatic heterocycles. The maximum absolute atomic E-state index is 12.5. The number of pyridine rings is 1. The van der Waals surface area contributed by atoms with Gasteiger partial charge in [0, 0.05) is 42.0 Å². The first-order chi connectivity index (χ1) is 14.3. The predicted molar refractivity (Wildman–Crippen MR) is 116 cm³/mol. The van der Waals surface area contributed by atoms with Gasteiger partial charge in [0.25, 0.3) is 11.8 Å². The van der Waals surface area contributed by atoms with E-state index in [2.05, 4.69) is 25.5 Å². The van der Waals surface area contributed by atoms with Gasteiger partial charge in [0.15, 0.2) is 5.69 Å². The van der Waals surface area contributed by atoms with Crippen molar-refractivity contribution in [3.05, 3.63) is 65.1 Å². The summed E-state index contributed by atoms with van der Waals surface area (Å²) < 4.78 is 0. The average Bonchev–Trinajstić information content (AvgIpc) is 3.30. The van der Waals surface area contributed by atoms with Crippen LogP contribution in [0.3, 0.4) is 0 Å². The third-order valence-corrected chi connectivity index (χ3v) is 5.05. The van der Waals surface area contributed by atoms with Crippen LogP contribution in [0, 0.1) is 13.8 Å². The minimum Gasteiger partial charge on any atom is -0.345 e. The van der Waals surface area contributed by atoms with Crippen molar-refractivity contribution in [1.82, 2.24) is 25.1 Å². The third kappa shape index (κ3) is 3.55. The maximum Gasteiger partial charge on any atom is 0.276 e. The van der Waals surface area contributed by atoms with Gasteiger partial charge in [-0.3, -0.25) is 14.7 Å². The molecule has 4 rings (SSSR count). The number of H-pyrrole nitrogens is 2. The number of aryl methyl sites for hydroxylation is 1. The molecule has 8 nitrogen and oxygen atoms in total. The minimum atomic E-state index is -0.282. The van der Waals surface area contributed by atoms with Gasteiger partial charge in [-0.05, 0) is 43.7 Å². The van der Waals surface area contributed by atoms with Crippen LogP contribution in [0.25, 0.3) is 22.3 Å². The van der Waals surface area contributed by atoms with Gasteiger partial charge < -0.3 is 15.2 Å². The lowest BCUT2D eigenvalue weighted by Gasteiger charge is -2.10. The molecule has 30 heavy (non-hydrogen) atoms. The summed E-state index contributed by atoms with van der Waals surface area (Å²) in [6.07, 6.45) is 1.61. The number of rotatable bonds is 4. The molecule has 0 saturated heterocycles. The van der Waals surface area contributed by atoms with Gasteiger partial charge in [0.1, 0.15) is 5.65 Å². The molecule has 0 unspecified atom stereocenters. The third-order valence-electron chi connectivity index (χ3n) is 5.05. The first-order valence-electron chi connectivity index (χ1n) is 9.47. The Kier molecular flexibility index (Phi) is 4.83. The average molecular weight is 402 g/mol. The van der Waals surface area contributed by atoms with Crippen molar-refractivity contribution in [3.63, 3.8) is 0 Å². The number of carbonyl (C=O) groups is 2. The molecule has 0 spiro atoms. The second-order valence-corrected chi connectivity index (χ2v) is 7.40. The molecule has 2 amide bonds. The monoisotopic (exact) mass is 402 g/mol. The van der Waals surface area contributed by atoms with Crippen molar-refractivity contribution in [2.75, 3.05) is 19.4 Å². The fourth-order valence-corrected chi connectivity index (χ4v) is 3.19. The highest BCUT2D eigenvalue weighted by Crippen LogP contribution is 2.25. The number of aromatic nitrogens is 4. The lowest BCUT2D eigenvalue weighted by molar-refractivity contribution is 0.0827. The van der Waals surface area contributed by atoms with Gasteiger partial charge in [-0.1, -0.05) is 12.1 Å². The van der Waals surface area contributed by atoms with E-state index < -0.39 is 0 Å². The Hall–Kier alpha value is -3.94. The molecule has 152 valence electrons. The van der Waals surface area contributed by atoms with Gasteiger partial charge >= 0.3 is 0 Å². The molecule has 3 aromatic heterocycles. The molecule has 0 atom stereocenters. The number of fused-ring (bicyclic) bond motifs is 1. The number of hydrogen-bond acceptors (Lipinski definition) is 4. The molecule has 8 heteroatoms. The van der Waals surface area contributed by atoms with Crippen molar-refractivity contribution < 1.29 is 9.59 Å². The number of benzene rings is 1. The van der Waals surface area contributed by atoms with Crippen molar-refractivity contribution >= 4 is 28.5 Å². The van der Waals surface area contributed by atoms with Crippen molar-refractivity contribution in [3.8, 4) is 11.3 Å². The molecule has 4 aromatic rings. The molecule has 0 radical (unpaired) electrons. The maximum atomic E-state index is 12.5. The van der Waals surface area contributed by atoms with Crippen LogP contribution in [0.15, 0.2) is 42.6 Å². The number of hydrogen-bond donors (Lipinski definition) is 3. The highest BCUT2D eigenvalue weighted by atomic mass is 16.2. The molecule has 1 aromatic carbocycles. The summed E-state index contributed by atoms with van der Waals surface area (Å²) in [5.74, 6) is -0.322. The summed E-state index contributed by atoms with van der Waals surface area (Å²) in [5.41, 5.74) is 5.80. The van der Waals surface area contributed by atoms with Crippen LogP contribution >= 0.6 is 0 Å². The Balaban J connectivity index is 1.57. The minimum absolute atomic E-state index is 0.0393. The van der Waals surface area contributed by atoms with Crippen LogP contribution in [0.5, 0.6) is 0 Å². The zero-order valence-corrected chi connectivity index (χ0v) is 17.2. The Labute approximate surface area is 173 Å². The summed E-state index contributed by atoms with van der Waals surface area (Å²) in [4.78, 5) is 33.8. The number of aromatic amines is 2. The van der Waals surface area contributed by atoms with Crippen LogP contribution in [0.4, 0.5) is 5.69 Å². The molecule has 0 aliphatic carbocycles. The molecular formula is C22H22N6O2. The number of nitrogens with zero attached hydrogens (tertiary/aromatic N) is 3. The Morgan fingerprint density at radius 1 is 1.07 bits per heavy atom. The van der Waals surface area contributed by atoms with Crippen LogP contribution in [0.1, 0.15) is 32.1 Å². The Bertz CT molecular complexity index is 1250. The van der Waals surface area contributed by atoms with Crippen molar-refractivity contribution in [2.24, 2.45) is 0 Å². The van der Waals surface area contributed by atoms with E-state index >= 15 is 0 Å². The van der Waals surface area contributed by atoms with E-state index in [-0.39, 0.29) is 11.8 Å².